The summed E-state index contributed by atoms with van der Waals surface area (Å²) in [5, 5.41) is 3.92. The van der Waals surface area contributed by atoms with E-state index >= 15 is 0 Å². The van der Waals surface area contributed by atoms with Gasteiger partial charge in [0, 0.05) is 16.6 Å². The first kappa shape index (κ1) is 13.3. The molecule has 3 aromatic rings. The Labute approximate surface area is 122 Å². The maximum absolute atomic E-state index is 13.8. The van der Waals surface area contributed by atoms with Crippen molar-refractivity contribution in [2.24, 2.45) is 0 Å². The van der Waals surface area contributed by atoms with Crippen LogP contribution in [0.4, 0.5) is 10.1 Å². The normalized spacial score (nSPS) is 10.6. The van der Waals surface area contributed by atoms with Gasteiger partial charge in [-0.3, -0.25) is 4.79 Å². The summed E-state index contributed by atoms with van der Waals surface area (Å²) in [6, 6.07) is 17.4. The number of aryl methyl sites for hydroxylation is 1. The van der Waals surface area contributed by atoms with Gasteiger partial charge in [0.25, 0.3) is 5.91 Å². The fraction of sp³-hybridized carbons (Fsp3) is 0.0556. The summed E-state index contributed by atoms with van der Waals surface area (Å²) in [7, 11) is 0. The first-order valence-corrected chi connectivity index (χ1v) is 6.70. The summed E-state index contributed by atoms with van der Waals surface area (Å²) in [6.07, 6.45) is 0. The van der Waals surface area contributed by atoms with Gasteiger partial charge in [-0.25, -0.2) is 4.39 Å². The van der Waals surface area contributed by atoms with Crippen LogP contribution in [0.5, 0.6) is 0 Å². The van der Waals surface area contributed by atoms with Crippen LogP contribution in [0.25, 0.3) is 10.8 Å². The fourth-order valence-corrected chi connectivity index (χ4v) is 2.38. The Morgan fingerprint density at radius 3 is 2.48 bits per heavy atom. The van der Waals surface area contributed by atoms with E-state index in [9.17, 15) is 9.18 Å². The molecule has 0 aromatic heterocycles. The van der Waals surface area contributed by atoms with Crippen molar-refractivity contribution in [1.82, 2.24) is 0 Å². The number of nitrogens with one attached hydrogen (secondary N) is 1. The van der Waals surface area contributed by atoms with Crippen LogP contribution in [-0.2, 0) is 0 Å². The number of halogens is 1. The van der Waals surface area contributed by atoms with Crippen LogP contribution >= 0.6 is 0 Å². The zero-order chi connectivity index (χ0) is 14.8. The monoisotopic (exact) mass is 279 g/mol. The molecule has 0 saturated heterocycles. The molecule has 0 bridgehead atoms. The maximum Gasteiger partial charge on any atom is 0.256 e. The average Bonchev–Trinajstić information content (AvgIpc) is 2.48. The van der Waals surface area contributed by atoms with Gasteiger partial charge in [-0.15, -0.1) is 0 Å². The molecule has 3 rings (SSSR count). The van der Waals surface area contributed by atoms with Crippen LogP contribution < -0.4 is 5.32 Å². The van der Waals surface area contributed by atoms with Crippen molar-refractivity contribution < 1.29 is 9.18 Å². The highest BCUT2D eigenvalue weighted by atomic mass is 19.1. The third-order valence-electron chi connectivity index (χ3n) is 3.39. The van der Waals surface area contributed by atoms with Crippen molar-refractivity contribution in [3.8, 4) is 0 Å². The Hall–Kier alpha value is -2.68. The second kappa shape index (κ2) is 5.37. The zero-order valence-electron chi connectivity index (χ0n) is 11.6. The molecule has 3 heteroatoms. The summed E-state index contributed by atoms with van der Waals surface area (Å²) in [5.74, 6) is -0.561. The molecule has 0 saturated carbocycles. The summed E-state index contributed by atoms with van der Waals surface area (Å²) in [5.41, 5.74) is 2.26. The largest absolute Gasteiger partial charge is 0.322 e. The molecule has 0 spiro atoms. The Bertz CT molecular complexity index is 826. The van der Waals surface area contributed by atoms with E-state index < -0.39 is 0 Å². The van der Waals surface area contributed by atoms with Gasteiger partial charge in [0.1, 0.15) is 5.82 Å². The van der Waals surface area contributed by atoms with E-state index in [0.29, 0.717) is 16.3 Å². The van der Waals surface area contributed by atoms with Gasteiger partial charge in [-0.05, 0) is 42.1 Å². The topological polar surface area (TPSA) is 29.1 Å². The first-order chi connectivity index (χ1) is 10.1. The summed E-state index contributed by atoms with van der Waals surface area (Å²) in [4.78, 5) is 12.4. The van der Waals surface area contributed by atoms with E-state index in [2.05, 4.69) is 5.32 Å². The second-order valence-electron chi connectivity index (χ2n) is 4.96. The Balaban J connectivity index is 2.01. The molecule has 0 aliphatic heterocycles. The number of benzene rings is 3. The predicted molar refractivity (Wildman–Crippen MR) is 83.0 cm³/mol. The van der Waals surface area contributed by atoms with Gasteiger partial charge in [-0.2, -0.15) is 0 Å². The van der Waals surface area contributed by atoms with Crippen LogP contribution in [0.2, 0.25) is 0 Å². The summed E-state index contributed by atoms with van der Waals surface area (Å²) >= 11 is 0. The van der Waals surface area contributed by atoms with Crippen LogP contribution in [0, 0.1) is 12.7 Å². The van der Waals surface area contributed by atoms with Crippen LogP contribution in [0.1, 0.15) is 15.9 Å². The molecule has 0 radical (unpaired) electrons. The van der Waals surface area contributed by atoms with Crippen molar-refractivity contribution in [1.29, 1.82) is 0 Å². The lowest BCUT2D eigenvalue weighted by Gasteiger charge is -2.09. The number of rotatable bonds is 2. The minimum Gasteiger partial charge on any atom is -0.322 e. The third kappa shape index (κ3) is 2.63. The molecule has 3 aromatic carbocycles. The smallest absolute Gasteiger partial charge is 0.256 e. The number of amides is 1. The predicted octanol–water partition coefficient (Wildman–Crippen LogP) is 4.54. The highest BCUT2D eigenvalue weighted by molar-refractivity contribution is 6.13. The minimum atomic E-state index is -0.322. The van der Waals surface area contributed by atoms with Crippen molar-refractivity contribution in [2.75, 3.05) is 5.32 Å². The lowest BCUT2D eigenvalue weighted by Crippen LogP contribution is -2.12. The molecule has 1 N–H and O–H groups in total. The Morgan fingerprint density at radius 1 is 0.952 bits per heavy atom. The zero-order valence-corrected chi connectivity index (χ0v) is 11.6. The number of anilines is 1. The van der Waals surface area contributed by atoms with Gasteiger partial charge in [0.15, 0.2) is 0 Å². The highest BCUT2D eigenvalue weighted by Gasteiger charge is 2.12. The molecule has 0 atom stereocenters. The van der Waals surface area contributed by atoms with Gasteiger partial charge in [0.2, 0.25) is 0 Å². The fourth-order valence-electron chi connectivity index (χ4n) is 2.38. The molecule has 2 nitrogen and oxygen atoms in total. The number of hydrogen-bond acceptors (Lipinski definition) is 1. The Morgan fingerprint density at radius 2 is 1.71 bits per heavy atom. The van der Waals surface area contributed by atoms with Crippen molar-refractivity contribution >= 4 is 22.4 Å². The maximum atomic E-state index is 13.8. The summed E-state index contributed by atoms with van der Waals surface area (Å²) < 4.78 is 13.8. The minimum absolute atomic E-state index is 0.239. The quantitative estimate of drug-likeness (QED) is 0.733. The van der Waals surface area contributed by atoms with E-state index in [1.54, 1.807) is 24.3 Å². The second-order valence-corrected chi connectivity index (χ2v) is 4.96. The average molecular weight is 279 g/mol. The van der Waals surface area contributed by atoms with Crippen molar-refractivity contribution in [3.63, 3.8) is 0 Å². The van der Waals surface area contributed by atoms with Crippen molar-refractivity contribution in [2.45, 2.75) is 6.92 Å². The molecule has 0 aliphatic carbocycles. The SMILES string of the molecule is Cc1cccc(NC(=O)c2ccc(F)c3ccccc23)c1. The molecule has 0 fully saturated rings. The molecule has 1 amide bonds. The lowest BCUT2D eigenvalue weighted by molar-refractivity contribution is 0.102. The molecule has 0 heterocycles. The molecule has 104 valence electrons. The van der Waals surface area contributed by atoms with Gasteiger partial charge < -0.3 is 5.32 Å². The van der Waals surface area contributed by atoms with Crippen LogP contribution in [0.3, 0.4) is 0 Å². The number of hydrogen-bond donors (Lipinski definition) is 1. The van der Waals surface area contributed by atoms with Crippen LogP contribution in [-0.4, -0.2) is 5.91 Å². The van der Waals surface area contributed by atoms with E-state index in [4.69, 9.17) is 0 Å². The van der Waals surface area contributed by atoms with Gasteiger partial charge >= 0.3 is 0 Å². The lowest BCUT2D eigenvalue weighted by atomic mass is 10.0. The van der Waals surface area contributed by atoms with Crippen LogP contribution in [0.15, 0.2) is 60.7 Å². The van der Waals surface area contributed by atoms with E-state index in [1.165, 1.54) is 12.1 Å². The highest BCUT2D eigenvalue weighted by Crippen LogP contribution is 2.23. The molecule has 0 aliphatic rings. The third-order valence-corrected chi connectivity index (χ3v) is 3.39. The molecular formula is C18H14FNO. The number of carbonyl (C=O) groups is 1. The van der Waals surface area contributed by atoms with E-state index in [1.807, 2.05) is 31.2 Å². The molecule has 21 heavy (non-hydrogen) atoms. The Kier molecular flexibility index (Phi) is 3.40. The van der Waals surface area contributed by atoms with Crippen molar-refractivity contribution in [3.05, 3.63) is 77.6 Å². The summed E-state index contributed by atoms with van der Waals surface area (Å²) in [6.45, 7) is 1.96. The van der Waals surface area contributed by atoms with E-state index in [0.717, 1.165) is 11.3 Å². The number of fused-ring (bicyclic) bond motifs is 1. The standard InChI is InChI=1S/C18H14FNO/c1-12-5-4-6-13(11-12)20-18(21)16-9-10-17(19)15-8-3-2-7-14(15)16/h2-11H,1H3,(H,20,21). The first-order valence-electron chi connectivity index (χ1n) is 6.70. The molecular weight excluding hydrogens is 265 g/mol. The van der Waals surface area contributed by atoms with E-state index in [-0.39, 0.29) is 11.7 Å². The molecule has 0 unspecified atom stereocenters. The van der Waals surface area contributed by atoms with Gasteiger partial charge in [-0.1, -0.05) is 36.4 Å². The van der Waals surface area contributed by atoms with Gasteiger partial charge in [0.05, 0.1) is 0 Å². The number of carbonyl (C=O) groups excluding carboxylic acids is 1.